The fraction of sp³-hybridized carbons (Fsp3) is 0.217. The largest absolute Gasteiger partial charge is 0.349 e. The third-order valence-corrected chi connectivity index (χ3v) is 5.01. The quantitative estimate of drug-likeness (QED) is 0.652. The van der Waals surface area contributed by atoms with E-state index in [9.17, 15) is 0 Å². The van der Waals surface area contributed by atoms with Crippen molar-refractivity contribution in [1.29, 1.82) is 0 Å². The highest BCUT2D eigenvalue weighted by Crippen LogP contribution is 2.30. The summed E-state index contributed by atoms with van der Waals surface area (Å²) in [5.41, 5.74) is 4.05. The summed E-state index contributed by atoms with van der Waals surface area (Å²) in [5, 5.41) is 0. The molecule has 1 aliphatic heterocycles. The lowest BCUT2D eigenvalue weighted by atomic mass is 10.1. The Labute approximate surface area is 150 Å². The summed E-state index contributed by atoms with van der Waals surface area (Å²) in [6.45, 7) is 2.14. The second-order valence-corrected chi connectivity index (χ2v) is 6.56. The van der Waals surface area contributed by atoms with Crippen molar-refractivity contribution in [3.63, 3.8) is 0 Å². The van der Waals surface area contributed by atoms with Gasteiger partial charge in [0.15, 0.2) is 0 Å². The first-order valence-corrected chi connectivity index (χ1v) is 9.09. The van der Waals surface area contributed by atoms with Crippen LogP contribution in [-0.4, -0.2) is 19.3 Å². The van der Waals surface area contributed by atoms with E-state index in [1.807, 2.05) is 0 Å². The zero-order valence-corrected chi connectivity index (χ0v) is 14.5. The zero-order valence-electron chi connectivity index (χ0n) is 14.5. The summed E-state index contributed by atoms with van der Waals surface area (Å²) < 4.78 is 0. The van der Waals surface area contributed by atoms with E-state index >= 15 is 0 Å². The van der Waals surface area contributed by atoms with Crippen LogP contribution in [0, 0.1) is 0 Å². The van der Waals surface area contributed by atoms with Crippen molar-refractivity contribution in [2.75, 3.05) is 22.9 Å². The van der Waals surface area contributed by atoms with Crippen LogP contribution in [0.5, 0.6) is 0 Å². The average Bonchev–Trinajstić information content (AvgIpc) is 3.12. The van der Waals surface area contributed by atoms with Gasteiger partial charge in [0.25, 0.3) is 0 Å². The molecule has 0 spiro atoms. The van der Waals surface area contributed by atoms with Crippen molar-refractivity contribution in [1.82, 2.24) is 0 Å². The summed E-state index contributed by atoms with van der Waals surface area (Å²) in [6.07, 6.45) is 2.61. The van der Waals surface area contributed by atoms with E-state index in [2.05, 4.69) is 101 Å². The molecule has 3 aromatic rings. The van der Waals surface area contributed by atoms with E-state index in [1.54, 1.807) is 0 Å². The molecule has 2 nitrogen and oxygen atoms in total. The molecular weight excluding hydrogens is 304 g/mol. The van der Waals surface area contributed by atoms with Gasteiger partial charge in [0, 0.05) is 24.5 Å². The summed E-state index contributed by atoms with van der Waals surface area (Å²) in [4.78, 5) is 5.10. The predicted molar refractivity (Wildman–Crippen MR) is 106 cm³/mol. The Bertz CT molecular complexity index is 723. The monoisotopic (exact) mass is 328 g/mol. The van der Waals surface area contributed by atoms with Crippen LogP contribution in [0.1, 0.15) is 12.0 Å². The van der Waals surface area contributed by atoms with Gasteiger partial charge in [-0.3, -0.25) is 0 Å². The molecule has 0 amide bonds. The number of para-hydroxylation sites is 2. The van der Waals surface area contributed by atoms with E-state index < -0.39 is 0 Å². The van der Waals surface area contributed by atoms with E-state index in [4.69, 9.17) is 0 Å². The van der Waals surface area contributed by atoms with Crippen LogP contribution in [0.2, 0.25) is 0 Å². The van der Waals surface area contributed by atoms with Crippen LogP contribution in [0.15, 0.2) is 91.0 Å². The summed E-state index contributed by atoms with van der Waals surface area (Å²) in [6, 6.07) is 32.4. The topological polar surface area (TPSA) is 6.48 Å². The standard InChI is InChI=1S/C23H24N2/c1-4-10-20(11-5-1)16-17-23-24(21-12-6-2-7-13-21)18-19-25(23)22-14-8-3-9-15-22/h1-15,23H,16-19H2. The predicted octanol–water partition coefficient (Wildman–Crippen LogP) is 4.97. The first-order valence-electron chi connectivity index (χ1n) is 9.09. The van der Waals surface area contributed by atoms with E-state index in [-0.39, 0.29) is 0 Å². The Morgan fingerprint density at radius 1 is 0.600 bits per heavy atom. The minimum atomic E-state index is 0.394. The molecule has 25 heavy (non-hydrogen) atoms. The van der Waals surface area contributed by atoms with Gasteiger partial charge in [-0.25, -0.2) is 0 Å². The molecule has 1 aliphatic rings. The lowest BCUT2D eigenvalue weighted by Crippen LogP contribution is -2.39. The van der Waals surface area contributed by atoms with Crippen molar-refractivity contribution in [2.24, 2.45) is 0 Å². The van der Waals surface area contributed by atoms with Crippen LogP contribution < -0.4 is 9.80 Å². The highest BCUT2D eigenvalue weighted by molar-refractivity contribution is 5.56. The number of anilines is 2. The molecule has 126 valence electrons. The number of rotatable bonds is 5. The molecule has 1 saturated heterocycles. The second kappa shape index (κ2) is 7.43. The number of nitrogens with zero attached hydrogens (tertiary/aromatic N) is 2. The third-order valence-electron chi connectivity index (χ3n) is 5.01. The highest BCUT2D eigenvalue weighted by atomic mass is 15.4. The molecule has 0 radical (unpaired) electrons. The first-order chi connectivity index (χ1) is 12.4. The molecule has 0 atom stereocenters. The number of hydrogen-bond donors (Lipinski definition) is 0. The number of benzene rings is 3. The van der Waals surface area contributed by atoms with Crippen molar-refractivity contribution in [3.8, 4) is 0 Å². The summed E-state index contributed by atoms with van der Waals surface area (Å²) in [7, 11) is 0. The third kappa shape index (κ3) is 3.53. The lowest BCUT2D eigenvalue weighted by molar-refractivity contribution is 0.611. The molecule has 4 rings (SSSR count). The fourth-order valence-electron chi connectivity index (χ4n) is 3.78. The molecular formula is C23H24N2. The van der Waals surface area contributed by atoms with Gasteiger partial charge in [-0.05, 0) is 42.7 Å². The molecule has 0 aromatic heterocycles. The number of aryl methyl sites for hydroxylation is 1. The molecule has 1 fully saturated rings. The average molecular weight is 328 g/mol. The van der Waals surface area contributed by atoms with Crippen LogP contribution >= 0.6 is 0 Å². The Kier molecular flexibility index (Phi) is 4.69. The van der Waals surface area contributed by atoms with Gasteiger partial charge in [-0.2, -0.15) is 0 Å². The Balaban J connectivity index is 1.59. The van der Waals surface area contributed by atoms with E-state index in [1.165, 1.54) is 16.9 Å². The number of hydrogen-bond acceptors (Lipinski definition) is 2. The van der Waals surface area contributed by atoms with Crippen LogP contribution in [0.3, 0.4) is 0 Å². The second-order valence-electron chi connectivity index (χ2n) is 6.56. The first kappa shape index (κ1) is 15.8. The van der Waals surface area contributed by atoms with Gasteiger partial charge in [0.1, 0.15) is 6.17 Å². The van der Waals surface area contributed by atoms with Gasteiger partial charge in [0.2, 0.25) is 0 Å². The highest BCUT2D eigenvalue weighted by Gasteiger charge is 2.31. The van der Waals surface area contributed by atoms with Crippen LogP contribution in [0.4, 0.5) is 11.4 Å². The van der Waals surface area contributed by atoms with Gasteiger partial charge in [-0.15, -0.1) is 0 Å². The molecule has 1 heterocycles. The Hall–Kier alpha value is -2.74. The zero-order chi connectivity index (χ0) is 16.9. The normalized spacial score (nSPS) is 14.9. The summed E-state index contributed by atoms with van der Waals surface area (Å²) >= 11 is 0. The molecule has 0 saturated carbocycles. The van der Waals surface area contributed by atoms with Gasteiger partial charge >= 0.3 is 0 Å². The van der Waals surface area contributed by atoms with Crippen molar-refractivity contribution in [3.05, 3.63) is 96.6 Å². The SMILES string of the molecule is c1ccc(CCC2N(c3ccccc3)CCN2c2ccccc2)cc1. The van der Waals surface area contributed by atoms with Crippen LogP contribution in [0.25, 0.3) is 0 Å². The maximum atomic E-state index is 2.55. The minimum absolute atomic E-state index is 0.394. The molecule has 3 aromatic carbocycles. The van der Waals surface area contributed by atoms with E-state index in [0.29, 0.717) is 6.17 Å². The van der Waals surface area contributed by atoms with Gasteiger partial charge < -0.3 is 9.80 Å². The molecule has 0 bridgehead atoms. The maximum Gasteiger partial charge on any atom is 0.102 e. The van der Waals surface area contributed by atoms with Gasteiger partial charge in [0.05, 0.1) is 0 Å². The molecule has 0 unspecified atom stereocenters. The Morgan fingerprint density at radius 2 is 1.04 bits per heavy atom. The maximum absolute atomic E-state index is 2.55. The van der Waals surface area contributed by atoms with E-state index in [0.717, 1.165) is 25.9 Å². The summed E-state index contributed by atoms with van der Waals surface area (Å²) in [5.74, 6) is 0. The van der Waals surface area contributed by atoms with Crippen LogP contribution in [-0.2, 0) is 6.42 Å². The fourth-order valence-corrected chi connectivity index (χ4v) is 3.78. The Morgan fingerprint density at radius 3 is 1.52 bits per heavy atom. The lowest BCUT2D eigenvalue weighted by Gasteiger charge is -2.33. The van der Waals surface area contributed by atoms with Crippen molar-refractivity contribution in [2.45, 2.75) is 19.0 Å². The van der Waals surface area contributed by atoms with Gasteiger partial charge in [-0.1, -0.05) is 66.7 Å². The molecule has 0 aliphatic carbocycles. The minimum Gasteiger partial charge on any atom is -0.349 e. The molecule has 2 heteroatoms. The molecule has 0 N–H and O–H groups in total. The van der Waals surface area contributed by atoms with Crippen molar-refractivity contribution < 1.29 is 0 Å². The van der Waals surface area contributed by atoms with Crippen molar-refractivity contribution >= 4 is 11.4 Å². The smallest absolute Gasteiger partial charge is 0.102 e.